The van der Waals surface area contributed by atoms with Crippen LogP contribution in [0, 0.1) is 6.92 Å². The fourth-order valence-corrected chi connectivity index (χ4v) is 2.82. The summed E-state index contributed by atoms with van der Waals surface area (Å²) in [7, 11) is 0. The minimum Gasteiger partial charge on any atom is -0.492 e. The Morgan fingerprint density at radius 3 is 2.88 bits per heavy atom. The van der Waals surface area contributed by atoms with E-state index < -0.39 is 0 Å². The van der Waals surface area contributed by atoms with Crippen molar-refractivity contribution in [3.05, 3.63) is 52.9 Å². The van der Waals surface area contributed by atoms with Crippen LogP contribution < -0.4 is 9.57 Å². The summed E-state index contributed by atoms with van der Waals surface area (Å²) in [4.78, 5) is 14.5. The van der Waals surface area contributed by atoms with Gasteiger partial charge in [-0.25, -0.2) is 9.97 Å². The Morgan fingerprint density at radius 1 is 1.20 bits per heavy atom. The monoisotopic (exact) mass is 359 g/mol. The summed E-state index contributed by atoms with van der Waals surface area (Å²) in [5, 5.41) is 0.641. The second-order valence-electron chi connectivity index (χ2n) is 5.85. The molecule has 3 aromatic rings. The zero-order valence-electron chi connectivity index (χ0n) is 14.5. The summed E-state index contributed by atoms with van der Waals surface area (Å²) in [5.41, 5.74) is 2.67. The number of ether oxygens (including phenoxy) is 1. The van der Waals surface area contributed by atoms with Crippen LogP contribution in [0.1, 0.15) is 31.2 Å². The Kier molecular flexibility index (Phi) is 5.76. The lowest BCUT2D eigenvalue weighted by molar-refractivity contribution is 0.117. The normalized spacial score (nSPS) is 11.0. The van der Waals surface area contributed by atoms with Gasteiger partial charge < -0.3 is 9.57 Å². The summed E-state index contributed by atoms with van der Waals surface area (Å²) in [6.45, 7) is 5.25. The molecule has 2 heterocycles. The van der Waals surface area contributed by atoms with E-state index in [4.69, 9.17) is 21.2 Å². The van der Waals surface area contributed by atoms with Crippen molar-refractivity contribution < 1.29 is 9.57 Å². The van der Waals surface area contributed by atoms with E-state index in [9.17, 15) is 0 Å². The maximum Gasteiger partial charge on any atom is 0.181 e. The number of benzene rings is 1. The number of aromatic nitrogens is 3. The highest BCUT2D eigenvalue weighted by atomic mass is 35.5. The third-order valence-corrected chi connectivity index (χ3v) is 4.20. The van der Waals surface area contributed by atoms with Crippen molar-refractivity contribution in [3.8, 4) is 5.75 Å². The number of imidazole rings is 1. The van der Waals surface area contributed by atoms with E-state index in [1.807, 2.05) is 37.3 Å². The third kappa shape index (κ3) is 4.23. The topological polar surface area (TPSA) is 49.2 Å². The number of pyridine rings is 1. The lowest BCUT2D eigenvalue weighted by atomic mass is 10.1. The van der Waals surface area contributed by atoms with Gasteiger partial charge in [-0.15, -0.1) is 0 Å². The first kappa shape index (κ1) is 17.5. The Bertz CT molecular complexity index is 848. The van der Waals surface area contributed by atoms with Crippen LogP contribution in [0.3, 0.4) is 0 Å². The minimum absolute atomic E-state index is 0.521. The summed E-state index contributed by atoms with van der Waals surface area (Å²) in [6, 6.07) is 9.71. The number of unbranched alkanes of at least 4 members (excludes halogenated alkanes) is 1. The predicted octanol–water partition coefficient (Wildman–Crippen LogP) is 4.24. The molecule has 2 aromatic heterocycles. The Balaban J connectivity index is 1.60. The fourth-order valence-electron chi connectivity index (χ4n) is 2.57. The smallest absolute Gasteiger partial charge is 0.181 e. The highest BCUT2D eigenvalue weighted by molar-refractivity contribution is 6.32. The maximum atomic E-state index is 6.30. The quantitative estimate of drug-likeness (QED) is 0.564. The van der Waals surface area contributed by atoms with Gasteiger partial charge in [0.05, 0.1) is 11.6 Å². The molecule has 0 aliphatic carbocycles. The SMILES string of the molecule is CCCCOc1ccc(CCOn2c(C)nc3ncccc32)cc1Cl. The lowest BCUT2D eigenvalue weighted by Gasteiger charge is -2.11. The van der Waals surface area contributed by atoms with Crippen molar-refractivity contribution in [1.82, 2.24) is 14.7 Å². The Morgan fingerprint density at radius 2 is 2.08 bits per heavy atom. The number of fused-ring (bicyclic) bond motifs is 1. The molecular formula is C19H22ClN3O2. The molecule has 0 unspecified atom stereocenters. The Hall–Kier alpha value is -2.27. The van der Waals surface area contributed by atoms with Gasteiger partial charge in [0.1, 0.15) is 23.7 Å². The summed E-state index contributed by atoms with van der Waals surface area (Å²) < 4.78 is 7.41. The van der Waals surface area contributed by atoms with Gasteiger partial charge in [-0.2, -0.15) is 4.73 Å². The molecule has 0 aliphatic rings. The molecular weight excluding hydrogens is 338 g/mol. The van der Waals surface area contributed by atoms with Gasteiger partial charge >= 0.3 is 0 Å². The van der Waals surface area contributed by atoms with Gasteiger partial charge in [0.2, 0.25) is 0 Å². The minimum atomic E-state index is 0.521. The average Bonchev–Trinajstić information content (AvgIpc) is 2.93. The summed E-state index contributed by atoms with van der Waals surface area (Å²) in [6.07, 6.45) is 4.60. The zero-order valence-corrected chi connectivity index (χ0v) is 15.3. The first-order valence-corrected chi connectivity index (χ1v) is 8.91. The molecule has 0 amide bonds. The molecule has 0 saturated heterocycles. The van der Waals surface area contributed by atoms with Gasteiger partial charge in [-0.1, -0.05) is 31.0 Å². The second kappa shape index (κ2) is 8.21. The molecule has 0 fully saturated rings. The first-order chi connectivity index (χ1) is 12.2. The van der Waals surface area contributed by atoms with E-state index in [0.717, 1.165) is 41.9 Å². The van der Waals surface area contributed by atoms with E-state index in [-0.39, 0.29) is 0 Å². The third-order valence-electron chi connectivity index (χ3n) is 3.91. The van der Waals surface area contributed by atoms with Crippen LogP contribution in [0.25, 0.3) is 11.2 Å². The molecule has 0 bridgehead atoms. The van der Waals surface area contributed by atoms with Crippen molar-refractivity contribution in [2.24, 2.45) is 0 Å². The lowest BCUT2D eigenvalue weighted by Crippen LogP contribution is -2.15. The van der Waals surface area contributed by atoms with E-state index >= 15 is 0 Å². The van der Waals surface area contributed by atoms with Crippen LogP contribution in [0.2, 0.25) is 5.02 Å². The van der Waals surface area contributed by atoms with Gasteiger partial charge in [0.25, 0.3) is 0 Å². The van der Waals surface area contributed by atoms with Crippen LogP contribution >= 0.6 is 11.6 Å². The fraction of sp³-hybridized carbons (Fsp3) is 0.368. The van der Waals surface area contributed by atoms with Crippen LogP contribution in [0.5, 0.6) is 5.75 Å². The number of nitrogens with zero attached hydrogens (tertiary/aromatic N) is 3. The number of halogens is 1. The molecule has 132 valence electrons. The molecule has 25 heavy (non-hydrogen) atoms. The van der Waals surface area contributed by atoms with E-state index in [1.165, 1.54) is 0 Å². The molecule has 5 nitrogen and oxygen atoms in total. The average molecular weight is 360 g/mol. The molecule has 6 heteroatoms. The van der Waals surface area contributed by atoms with Crippen molar-refractivity contribution in [1.29, 1.82) is 0 Å². The molecule has 0 aliphatic heterocycles. The maximum absolute atomic E-state index is 6.30. The number of aryl methyl sites for hydroxylation is 1. The van der Waals surface area contributed by atoms with Crippen molar-refractivity contribution in [2.75, 3.05) is 13.2 Å². The standard InChI is InChI=1S/C19H22ClN3O2/c1-3-4-11-24-18-8-7-15(13-16(18)20)9-12-25-23-14(2)22-19-17(23)6-5-10-21-19/h5-8,10,13H,3-4,9,11-12H2,1-2H3. The number of hydrogen-bond donors (Lipinski definition) is 0. The van der Waals surface area contributed by atoms with Crippen molar-refractivity contribution >= 4 is 22.8 Å². The predicted molar refractivity (Wildman–Crippen MR) is 99.3 cm³/mol. The first-order valence-electron chi connectivity index (χ1n) is 8.53. The molecule has 0 spiro atoms. The highest BCUT2D eigenvalue weighted by Crippen LogP contribution is 2.26. The summed E-state index contributed by atoms with van der Waals surface area (Å²) >= 11 is 6.30. The zero-order chi connectivity index (χ0) is 17.6. The molecule has 0 saturated carbocycles. The van der Waals surface area contributed by atoms with Crippen molar-refractivity contribution in [2.45, 2.75) is 33.1 Å². The van der Waals surface area contributed by atoms with Crippen LogP contribution in [0.15, 0.2) is 36.5 Å². The van der Waals surface area contributed by atoms with Gasteiger partial charge in [-0.3, -0.25) is 0 Å². The largest absolute Gasteiger partial charge is 0.492 e. The van der Waals surface area contributed by atoms with Crippen LogP contribution in [-0.4, -0.2) is 27.9 Å². The number of hydrogen-bond acceptors (Lipinski definition) is 4. The molecule has 1 aromatic carbocycles. The van der Waals surface area contributed by atoms with E-state index in [1.54, 1.807) is 10.9 Å². The molecule has 0 atom stereocenters. The summed E-state index contributed by atoms with van der Waals surface area (Å²) in [5.74, 6) is 1.52. The van der Waals surface area contributed by atoms with Crippen LogP contribution in [0.4, 0.5) is 0 Å². The second-order valence-corrected chi connectivity index (χ2v) is 6.26. The van der Waals surface area contributed by atoms with E-state index in [2.05, 4.69) is 16.9 Å². The van der Waals surface area contributed by atoms with E-state index in [0.29, 0.717) is 23.9 Å². The molecule has 0 N–H and O–H groups in total. The van der Waals surface area contributed by atoms with Gasteiger partial charge in [0, 0.05) is 12.6 Å². The highest BCUT2D eigenvalue weighted by Gasteiger charge is 2.09. The number of rotatable bonds is 8. The van der Waals surface area contributed by atoms with Crippen molar-refractivity contribution in [3.63, 3.8) is 0 Å². The van der Waals surface area contributed by atoms with Crippen LogP contribution in [-0.2, 0) is 6.42 Å². The molecule has 0 radical (unpaired) electrons. The molecule has 3 rings (SSSR count). The Labute approximate surface area is 152 Å². The van der Waals surface area contributed by atoms with Gasteiger partial charge in [0.15, 0.2) is 5.65 Å². The van der Waals surface area contributed by atoms with Gasteiger partial charge in [-0.05, 0) is 43.2 Å².